The molecule has 1 saturated heterocycles. The molecule has 0 saturated carbocycles. The lowest BCUT2D eigenvalue weighted by atomic mass is 10.2. The number of hydrogen-bond donors (Lipinski definition) is 5. The third kappa shape index (κ3) is 5.16. The Morgan fingerprint density at radius 1 is 1.24 bits per heavy atom. The molecule has 172 valence electrons. The molecule has 0 unspecified atom stereocenters. The molecule has 4 rings (SSSR count). The number of aromatic nitrogens is 2. The Labute approximate surface area is 188 Å². The van der Waals surface area contributed by atoms with E-state index in [9.17, 15) is 13.6 Å². The van der Waals surface area contributed by atoms with E-state index in [4.69, 9.17) is 15.9 Å². The first kappa shape index (κ1) is 22.4. The highest BCUT2D eigenvalue weighted by atomic mass is 19.1. The molecule has 0 aliphatic carbocycles. The number of allylic oxidation sites excluding steroid dienone is 1. The zero-order chi connectivity index (χ0) is 23.4. The number of nitrogens with two attached hydrogens (primary N) is 1. The van der Waals surface area contributed by atoms with Gasteiger partial charge in [0.25, 0.3) is 0 Å². The molecule has 0 atom stereocenters. The molecule has 0 radical (unpaired) electrons. The number of ether oxygens (including phenoxy) is 1. The lowest BCUT2D eigenvalue weighted by molar-refractivity contribution is 0.0342. The standard InChI is InChI=1S/C22H23F2N7O2/c23-14-2-1-3-15(24)20(14)30-22(32)29-18(11-25)19(26)21-27-16-5-4-13(10-17(16)28-21)12-31-6-8-33-9-7-31/h1-5,10-11,26H,6-9,12,25H2,(H,27,28)(H2,29,30,32)/b18-11+,26-19?. The van der Waals surface area contributed by atoms with Crippen molar-refractivity contribution < 1.29 is 18.3 Å². The average Bonchev–Trinajstić information content (AvgIpc) is 3.24. The monoisotopic (exact) mass is 455 g/mol. The van der Waals surface area contributed by atoms with Crippen LogP contribution in [0.1, 0.15) is 11.4 Å². The normalized spacial score (nSPS) is 14.9. The van der Waals surface area contributed by atoms with Gasteiger partial charge in [-0.1, -0.05) is 12.1 Å². The van der Waals surface area contributed by atoms with Gasteiger partial charge >= 0.3 is 6.03 Å². The third-order valence-electron chi connectivity index (χ3n) is 5.18. The smallest absolute Gasteiger partial charge is 0.323 e. The number of hydrogen-bond acceptors (Lipinski definition) is 6. The van der Waals surface area contributed by atoms with Crippen LogP contribution < -0.4 is 16.4 Å². The maximum Gasteiger partial charge on any atom is 0.323 e. The number of carbonyl (C=O) groups is 1. The minimum atomic E-state index is -0.954. The fourth-order valence-corrected chi connectivity index (χ4v) is 3.49. The van der Waals surface area contributed by atoms with Gasteiger partial charge in [0.15, 0.2) is 5.82 Å². The maximum absolute atomic E-state index is 13.8. The first-order chi connectivity index (χ1) is 15.9. The number of para-hydroxylation sites is 1. The van der Waals surface area contributed by atoms with Crippen molar-refractivity contribution in [1.29, 1.82) is 5.41 Å². The molecule has 11 heteroatoms. The number of amides is 2. The number of halogens is 2. The lowest BCUT2D eigenvalue weighted by Gasteiger charge is -2.26. The molecule has 1 fully saturated rings. The summed E-state index contributed by atoms with van der Waals surface area (Å²) in [5, 5.41) is 12.8. The van der Waals surface area contributed by atoms with Crippen LogP contribution in [0.4, 0.5) is 19.3 Å². The number of H-pyrrole nitrogens is 1. The average molecular weight is 455 g/mol. The number of carbonyl (C=O) groups excluding carboxylic acids is 1. The second-order valence-electron chi connectivity index (χ2n) is 7.46. The summed E-state index contributed by atoms with van der Waals surface area (Å²) in [5.41, 5.74) is 7.16. The Balaban J connectivity index is 1.46. The Morgan fingerprint density at radius 3 is 2.67 bits per heavy atom. The van der Waals surface area contributed by atoms with Crippen LogP contribution in [0.3, 0.4) is 0 Å². The Morgan fingerprint density at radius 2 is 1.97 bits per heavy atom. The van der Waals surface area contributed by atoms with Crippen LogP contribution in [0.15, 0.2) is 48.3 Å². The van der Waals surface area contributed by atoms with E-state index in [1.165, 1.54) is 6.07 Å². The zero-order valence-electron chi connectivity index (χ0n) is 17.6. The molecule has 1 aliphatic rings. The number of morpholine rings is 1. The minimum absolute atomic E-state index is 0.0863. The molecule has 9 nitrogen and oxygen atoms in total. The molecule has 3 aromatic rings. The largest absolute Gasteiger partial charge is 0.403 e. The zero-order valence-corrected chi connectivity index (χ0v) is 17.6. The highest BCUT2D eigenvalue weighted by Crippen LogP contribution is 2.19. The Hall–Kier alpha value is -3.83. The molecule has 6 N–H and O–H groups in total. The summed E-state index contributed by atoms with van der Waals surface area (Å²) in [7, 11) is 0. The van der Waals surface area contributed by atoms with Crippen LogP contribution >= 0.6 is 0 Å². The van der Waals surface area contributed by atoms with Gasteiger partial charge in [-0.2, -0.15) is 0 Å². The maximum atomic E-state index is 13.8. The second-order valence-corrected chi connectivity index (χ2v) is 7.46. The molecule has 33 heavy (non-hydrogen) atoms. The van der Waals surface area contributed by atoms with Gasteiger partial charge in [-0.3, -0.25) is 10.3 Å². The number of urea groups is 1. The molecule has 2 aromatic carbocycles. The third-order valence-corrected chi connectivity index (χ3v) is 5.18. The van der Waals surface area contributed by atoms with Crippen molar-refractivity contribution in [3.8, 4) is 0 Å². The van der Waals surface area contributed by atoms with Crippen molar-refractivity contribution >= 4 is 28.5 Å². The van der Waals surface area contributed by atoms with Crippen LogP contribution in [-0.2, 0) is 11.3 Å². The van der Waals surface area contributed by atoms with Crippen molar-refractivity contribution in [3.05, 3.63) is 71.3 Å². The van der Waals surface area contributed by atoms with Crippen LogP contribution in [0.25, 0.3) is 11.0 Å². The van der Waals surface area contributed by atoms with Gasteiger partial charge in [-0.15, -0.1) is 0 Å². The Bertz CT molecular complexity index is 1200. The fraction of sp³-hybridized carbons (Fsp3) is 0.227. The molecular formula is C22H23F2N7O2. The number of benzene rings is 2. The lowest BCUT2D eigenvalue weighted by Crippen LogP contribution is -2.35. The van der Waals surface area contributed by atoms with Gasteiger partial charge < -0.3 is 26.1 Å². The predicted molar refractivity (Wildman–Crippen MR) is 120 cm³/mol. The number of fused-ring (bicyclic) bond motifs is 1. The first-order valence-electron chi connectivity index (χ1n) is 10.3. The van der Waals surface area contributed by atoms with Crippen LogP contribution in [0.5, 0.6) is 0 Å². The molecule has 0 bridgehead atoms. The van der Waals surface area contributed by atoms with Gasteiger partial charge in [0.2, 0.25) is 0 Å². The van der Waals surface area contributed by atoms with Gasteiger partial charge in [-0.25, -0.2) is 18.6 Å². The van der Waals surface area contributed by atoms with Crippen molar-refractivity contribution in [1.82, 2.24) is 20.2 Å². The number of rotatable bonds is 6. The van der Waals surface area contributed by atoms with Gasteiger partial charge in [0.1, 0.15) is 23.0 Å². The van der Waals surface area contributed by atoms with Gasteiger partial charge in [0.05, 0.1) is 29.9 Å². The quantitative estimate of drug-likeness (QED) is 0.365. The summed E-state index contributed by atoms with van der Waals surface area (Å²) in [4.78, 5) is 22.0. The summed E-state index contributed by atoms with van der Waals surface area (Å²) >= 11 is 0. The van der Waals surface area contributed by atoms with E-state index in [-0.39, 0.29) is 17.2 Å². The Kier molecular flexibility index (Phi) is 6.61. The van der Waals surface area contributed by atoms with Crippen molar-refractivity contribution in [2.24, 2.45) is 5.73 Å². The van der Waals surface area contributed by atoms with Crippen molar-refractivity contribution in [2.75, 3.05) is 31.6 Å². The van der Waals surface area contributed by atoms with Crippen LogP contribution in [0, 0.1) is 17.0 Å². The van der Waals surface area contributed by atoms with E-state index in [1.807, 2.05) is 18.2 Å². The summed E-state index contributed by atoms with van der Waals surface area (Å²) in [6, 6.07) is 8.06. The van der Waals surface area contributed by atoms with E-state index < -0.39 is 23.4 Å². The number of nitrogens with zero attached hydrogens (tertiary/aromatic N) is 2. The summed E-state index contributed by atoms with van der Waals surface area (Å²) in [6.07, 6.45) is 1.01. The highest BCUT2D eigenvalue weighted by Gasteiger charge is 2.18. The van der Waals surface area contributed by atoms with E-state index in [2.05, 4.69) is 25.5 Å². The predicted octanol–water partition coefficient (Wildman–Crippen LogP) is 2.66. The summed E-state index contributed by atoms with van der Waals surface area (Å²) < 4.78 is 32.9. The van der Waals surface area contributed by atoms with Gasteiger partial charge in [-0.05, 0) is 29.8 Å². The molecule has 0 spiro atoms. The first-order valence-corrected chi connectivity index (χ1v) is 10.3. The van der Waals surface area contributed by atoms with Crippen LogP contribution in [-0.4, -0.2) is 52.9 Å². The number of nitrogens with one attached hydrogen (secondary N) is 4. The number of anilines is 1. The van der Waals surface area contributed by atoms with E-state index >= 15 is 0 Å². The van der Waals surface area contributed by atoms with Gasteiger partial charge in [0, 0.05) is 25.8 Å². The van der Waals surface area contributed by atoms with Crippen molar-refractivity contribution in [3.63, 3.8) is 0 Å². The molecule has 2 heterocycles. The molecule has 1 aliphatic heterocycles. The highest BCUT2D eigenvalue weighted by molar-refractivity contribution is 6.11. The SMILES string of the molecule is N=C(/C(=C\N)NC(=O)Nc1c(F)cccc1F)c1nc2cc(CN3CCOCC3)ccc2[nH]1. The number of aromatic amines is 1. The van der Waals surface area contributed by atoms with Crippen molar-refractivity contribution in [2.45, 2.75) is 6.54 Å². The fourth-order valence-electron chi connectivity index (χ4n) is 3.49. The molecule has 2 amide bonds. The minimum Gasteiger partial charge on any atom is -0.403 e. The summed E-state index contributed by atoms with van der Waals surface area (Å²) in [5.74, 6) is -1.67. The molecular weight excluding hydrogens is 432 g/mol. The van der Waals surface area contributed by atoms with E-state index in [0.717, 1.165) is 49.0 Å². The molecule has 1 aromatic heterocycles. The van der Waals surface area contributed by atoms with Crippen LogP contribution in [0.2, 0.25) is 0 Å². The van der Waals surface area contributed by atoms with E-state index in [0.29, 0.717) is 18.7 Å². The topological polar surface area (TPSA) is 132 Å². The number of imidazole rings is 1. The van der Waals surface area contributed by atoms with E-state index in [1.54, 1.807) is 0 Å². The summed E-state index contributed by atoms with van der Waals surface area (Å²) in [6.45, 7) is 3.92. The second kappa shape index (κ2) is 9.76.